The first-order valence-electron chi connectivity index (χ1n) is 6.93. The predicted molar refractivity (Wildman–Crippen MR) is 93.6 cm³/mol. The Balaban J connectivity index is 1.86. The molecule has 0 spiro atoms. The number of thiophene rings is 1. The van der Waals surface area contributed by atoms with Gasteiger partial charge >= 0.3 is 0 Å². The van der Waals surface area contributed by atoms with E-state index in [1.54, 1.807) is 0 Å². The van der Waals surface area contributed by atoms with Gasteiger partial charge in [0.1, 0.15) is 0 Å². The lowest BCUT2D eigenvalue weighted by atomic mass is 10.1. The zero-order chi connectivity index (χ0) is 15.0. The summed E-state index contributed by atoms with van der Waals surface area (Å²) in [5.74, 6) is 8.20. The topological polar surface area (TPSA) is 55.9 Å². The fraction of sp³-hybridized carbons (Fsp3) is 0.500. The monoisotopic (exact) mass is 386 g/mol. The number of hydrogen-bond donors (Lipinski definition) is 2. The molecule has 7 heteroatoms. The van der Waals surface area contributed by atoms with E-state index in [4.69, 9.17) is 5.84 Å². The van der Waals surface area contributed by atoms with E-state index in [-0.39, 0.29) is 6.04 Å². The first-order chi connectivity index (χ1) is 10.1. The van der Waals surface area contributed by atoms with Crippen molar-refractivity contribution < 1.29 is 0 Å². The molecule has 1 atom stereocenters. The number of fused-ring (bicyclic) bond motifs is 1. The molecule has 4 nitrogen and oxygen atoms in total. The Morgan fingerprint density at radius 3 is 3.00 bits per heavy atom. The van der Waals surface area contributed by atoms with Crippen molar-refractivity contribution in [3.63, 3.8) is 0 Å². The van der Waals surface area contributed by atoms with Crippen LogP contribution in [0.1, 0.15) is 32.7 Å². The molecule has 2 aromatic heterocycles. The number of thioether (sulfide) groups is 1. The summed E-state index contributed by atoms with van der Waals surface area (Å²) in [6, 6.07) is 2.46. The van der Waals surface area contributed by atoms with Gasteiger partial charge in [-0.05, 0) is 46.7 Å². The van der Waals surface area contributed by atoms with Crippen LogP contribution in [0.2, 0.25) is 0 Å². The largest absolute Gasteiger partial charge is 0.271 e. The van der Waals surface area contributed by atoms with E-state index in [1.807, 2.05) is 41.8 Å². The second-order valence-electron chi connectivity index (χ2n) is 5.29. The average molecular weight is 387 g/mol. The van der Waals surface area contributed by atoms with Gasteiger partial charge in [-0.1, -0.05) is 0 Å². The Bertz CT molecular complexity index is 626. The molecule has 3 rings (SSSR count). The van der Waals surface area contributed by atoms with Crippen LogP contribution in [0.15, 0.2) is 10.5 Å². The van der Waals surface area contributed by atoms with Gasteiger partial charge in [0.15, 0.2) is 0 Å². The van der Waals surface area contributed by atoms with Gasteiger partial charge in [0.05, 0.1) is 21.9 Å². The zero-order valence-electron chi connectivity index (χ0n) is 12.1. The lowest BCUT2D eigenvalue weighted by Gasteiger charge is -2.14. The van der Waals surface area contributed by atoms with Crippen LogP contribution in [0.3, 0.4) is 0 Å². The van der Waals surface area contributed by atoms with Crippen LogP contribution in [0.25, 0.3) is 0 Å². The van der Waals surface area contributed by atoms with E-state index in [0.29, 0.717) is 0 Å². The number of aryl methyl sites for hydroxylation is 3. The van der Waals surface area contributed by atoms with E-state index in [9.17, 15) is 0 Å². The number of aromatic nitrogens is 2. The Kier molecular flexibility index (Phi) is 4.75. The molecule has 2 aromatic rings. The summed E-state index contributed by atoms with van der Waals surface area (Å²) in [7, 11) is 1.98. The SMILES string of the molecule is Cc1nn(C)c(CC(NN)c2cc3c(s2)CCSC3)c1Br. The zero-order valence-corrected chi connectivity index (χ0v) is 15.4. The minimum atomic E-state index is 0.136. The third-order valence-electron chi connectivity index (χ3n) is 3.85. The fourth-order valence-electron chi connectivity index (χ4n) is 2.68. The molecule has 0 aliphatic carbocycles. The summed E-state index contributed by atoms with van der Waals surface area (Å²) in [5, 5.41) is 4.46. The van der Waals surface area contributed by atoms with Crippen molar-refractivity contribution in [2.24, 2.45) is 12.9 Å². The number of halogens is 1. The molecule has 1 aliphatic rings. The van der Waals surface area contributed by atoms with Gasteiger partial charge in [0.2, 0.25) is 0 Å². The second-order valence-corrected chi connectivity index (χ2v) is 8.36. The van der Waals surface area contributed by atoms with Gasteiger partial charge in [-0.15, -0.1) is 11.3 Å². The van der Waals surface area contributed by atoms with Crippen molar-refractivity contribution in [2.75, 3.05) is 5.75 Å². The third kappa shape index (κ3) is 3.07. The molecule has 1 unspecified atom stereocenters. The quantitative estimate of drug-likeness (QED) is 0.625. The fourth-order valence-corrected chi connectivity index (χ4v) is 5.61. The molecule has 0 amide bonds. The lowest BCUT2D eigenvalue weighted by Crippen LogP contribution is -2.29. The molecule has 0 aromatic carbocycles. The van der Waals surface area contributed by atoms with Crippen LogP contribution in [0.5, 0.6) is 0 Å². The summed E-state index contributed by atoms with van der Waals surface area (Å²) in [6.45, 7) is 2.01. The minimum Gasteiger partial charge on any atom is -0.271 e. The van der Waals surface area contributed by atoms with Crippen molar-refractivity contribution in [1.29, 1.82) is 0 Å². The molecule has 0 bridgehead atoms. The van der Waals surface area contributed by atoms with Crippen LogP contribution < -0.4 is 11.3 Å². The molecule has 114 valence electrons. The first-order valence-corrected chi connectivity index (χ1v) is 9.70. The molecule has 0 saturated carbocycles. The molecule has 0 radical (unpaired) electrons. The maximum absolute atomic E-state index is 5.82. The lowest BCUT2D eigenvalue weighted by molar-refractivity contribution is 0.536. The summed E-state index contributed by atoms with van der Waals surface area (Å²) in [6.07, 6.45) is 2.03. The maximum atomic E-state index is 5.82. The molecule has 3 heterocycles. The van der Waals surface area contributed by atoms with E-state index < -0.39 is 0 Å². The number of nitrogens with two attached hydrogens (primary N) is 1. The van der Waals surface area contributed by atoms with Crippen molar-refractivity contribution in [2.45, 2.75) is 31.6 Å². The van der Waals surface area contributed by atoms with Gasteiger partial charge < -0.3 is 0 Å². The standard InChI is InChI=1S/C14H19BrN4S2/c1-8-14(15)11(19(2)18-8)6-10(17-16)13-5-9-7-20-4-3-12(9)21-13/h5,10,17H,3-4,6-7,16H2,1-2H3. The highest BCUT2D eigenvalue weighted by atomic mass is 79.9. The van der Waals surface area contributed by atoms with Gasteiger partial charge in [0.25, 0.3) is 0 Å². The van der Waals surface area contributed by atoms with Crippen LogP contribution >= 0.6 is 39.0 Å². The molecule has 3 N–H and O–H groups in total. The van der Waals surface area contributed by atoms with E-state index in [1.165, 1.54) is 33.2 Å². The number of hydrazine groups is 1. The summed E-state index contributed by atoms with van der Waals surface area (Å²) in [4.78, 5) is 2.86. The minimum absolute atomic E-state index is 0.136. The van der Waals surface area contributed by atoms with Crippen LogP contribution in [0, 0.1) is 6.92 Å². The molecule has 0 fully saturated rings. The molecular formula is C14H19BrN4S2. The van der Waals surface area contributed by atoms with Crippen molar-refractivity contribution in [3.05, 3.63) is 37.2 Å². The summed E-state index contributed by atoms with van der Waals surface area (Å²) < 4.78 is 3.02. The number of hydrogen-bond acceptors (Lipinski definition) is 5. The summed E-state index contributed by atoms with van der Waals surface area (Å²) >= 11 is 7.56. The Labute approximate surface area is 141 Å². The van der Waals surface area contributed by atoms with Crippen molar-refractivity contribution in [3.8, 4) is 0 Å². The van der Waals surface area contributed by atoms with Crippen LogP contribution in [0.4, 0.5) is 0 Å². The van der Waals surface area contributed by atoms with Gasteiger partial charge in [-0.3, -0.25) is 16.0 Å². The predicted octanol–water partition coefficient (Wildman–Crippen LogP) is 3.09. The smallest absolute Gasteiger partial charge is 0.0738 e. The number of nitrogens with zero attached hydrogens (tertiary/aromatic N) is 2. The second kappa shape index (κ2) is 6.42. The van der Waals surface area contributed by atoms with Crippen molar-refractivity contribution >= 4 is 39.0 Å². The van der Waals surface area contributed by atoms with E-state index >= 15 is 0 Å². The average Bonchev–Trinajstić information content (AvgIpc) is 3.00. The molecule has 0 saturated heterocycles. The highest BCUT2D eigenvalue weighted by molar-refractivity contribution is 9.10. The number of rotatable bonds is 4. The highest BCUT2D eigenvalue weighted by Crippen LogP contribution is 2.36. The first kappa shape index (κ1) is 15.6. The molecular weight excluding hydrogens is 368 g/mol. The van der Waals surface area contributed by atoms with Crippen LogP contribution in [-0.4, -0.2) is 15.5 Å². The summed E-state index contributed by atoms with van der Waals surface area (Å²) in [5.41, 5.74) is 6.67. The van der Waals surface area contributed by atoms with Gasteiger partial charge in [-0.25, -0.2) is 0 Å². The normalized spacial score (nSPS) is 16.0. The van der Waals surface area contributed by atoms with E-state index in [2.05, 4.69) is 32.5 Å². The van der Waals surface area contributed by atoms with Crippen LogP contribution in [-0.2, 0) is 25.6 Å². The Morgan fingerprint density at radius 2 is 2.38 bits per heavy atom. The molecule has 21 heavy (non-hydrogen) atoms. The molecule has 1 aliphatic heterocycles. The van der Waals surface area contributed by atoms with Gasteiger partial charge in [-0.2, -0.15) is 16.9 Å². The Morgan fingerprint density at radius 1 is 1.57 bits per heavy atom. The number of nitrogens with one attached hydrogen (secondary N) is 1. The Hall–Kier alpha value is -0.340. The maximum Gasteiger partial charge on any atom is 0.0738 e. The van der Waals surface area contributed by atoms with Gasteiger partial charge in [0, 0.05) is 29.0 Å². The highest BCUT2D eigenvalue weighted by Gasteiger charge is 2.21. The third-order valence-corrected chi connectivity index (χ3v) is 7.24. The van der Waals surface area contributed by atoms with Crippen molar-refractivity contribution in [1.82, 2.24) is 15.2 Å². The van der Waals surface area contributed by atoms with E-state index in [0.717, 1.165) is 22.3 Å².